The molecule has 0 aliphatic rings. The maximum atomic E-state index is 0. The number of rotatable bonds is 0. The molecule has 0 aromatic heterocycles. The van der Waals surface area contributed by atoms with Crippen LogP contribution in [0.5, 0.6) is 0 Å². The van der Waals surface area contributed by atoms with Crippen LogP contribution in [0.25, 0.3) is 0 Å². The van der Waals surface area contributed by atoms with Gasteiger partial charge in [0.05, 0.1) is 0 Å². The van der Waals surface area contributed by atoms with Crippen molar-refractivity contribution >= 4 is 28.3 Å². The Morgan fingerprint density at radius 1 is 1.25 bits per heavy atom. The van der Waals surface area contributed by atoms with E-state index in [-0.39, 0.29) is 103 Å². The molecule has 0 heterocycles. The van der Waals surface area contributed by atoms with Crippen LogP contribution in [0.2, 0.25) is 0 Å². The predicted molar refractivity (Wildman–Crippen MR) is 12.6 cm³/mol. The first-order valence-corrected chi connectivity index (χ1v) is 0. The van der Waals surface area contributed by atoms with E-state index in [9.17, 15) is 0 Å². The Balaban J connectivity index is 0. The summed E-state index contributed by atoms with van der Waals surface area (Å²) in [4.78, 5) is 0. The average Bonchev–Trinajstić information content (AvgIpc) is 0. The van der Waals surface area contributed by atoms with E-state index >= 15 is 0 Å². The van der Waals surface area contributed by atoms with Gasteiger partial charge in [0.2, 0.25) is 0 Å². The quantitative estimate of drug-likeness (QED) is 0.307. The third kappa shape index (κ3) is 8.92. The SMILES string of the molecule is [Al].[H-].[K+].[Si].[Ti]. The fourth-order valence-corrected chi connectivity index (χ4v) is 0. The minimum atomic E-state index is 0. The van der Waals surface area contributed by atoms with Crippen LogP contribution in [0.15, 0.2) is 0 Å². The van der Waals surface area contributed by atoms with Gasteiger partial charge in [0, 0.05) is 50.0 Å². The van der Waals surface area contributed by atoms with E-state index < -0.39 is 0 Å². The van der Waals surface area contributed by atoms with E-state index in [1.807, 2.05) is 0 Å². The Morgan fingerprint density at radius 3 is 1.25 bits per heavy atom. The molecule has 0 aromatic carbocycles. The molecule has 0 rings (SSSR count). The Kier molecular flexibility index (Phi) is 113. The van der Waals surface area contributed by atoms with Crippen molar-refractivity contribution in [2.45, 2.75) is 0 Å². The van der Waals surface area contributed by atoms with Gasteiger partial charge < -0.3 is 1.43 Å². The summed E-state index contributed by atoms with van der Waals surface area (Å²) >= 11 is 0. The number of hydrogen-bond acceptors (Lipinski definition) is 0. The Labute approximate surface area is 100 Å². The van der Waals surface area contributed by atoms with Crippen LogP contribution in [0.4, 0.5) is 0 Å². The summed E-state index contributed by atoms with van der Waals surface area (Å²) in [7, 11) is 0. The van der Waals surface area contributed by atoms with Crippen molar-refractivity contribution in [2.75, 3.05) is 0 Å². The molecule has 0 aliphatic carbocycles. The van der Waals surface area contributed by atoms with Gasteiger partial charge in [-0.25, -0.2) is 0 Å². The maximum absolute atomic E-state index is 0. The molecule has 0 amide bonds. The van der Waals surface area contributed by atoms with Gasteiger partial charge in [-0.15, -0.1) is 0 Å². The van der Waals surface area contributed by atoms with Gasteiger partial charge >= 0.3 is 51.4 Å². The first-order chi connectivity index (χ1) is 0. The van der Waals surface area contributed by atoms with E-state index in [1.165, 1.54) is 0 Å². The van der Waals surface area contributed by atoms with Crippen molar-refractivity contribution in [3.63, 3.8) is 0 Å². The molecule has 0 unspecified atom stereocenters. The molecule has 0 atom stereocenters. The van der Waals surface area contributed by atoms with Crippen molar-refractivity contribution in [1.82, 2.24) is 0 Å². The summed E-state index contributed by atoms with van der Waals surface area (Å²) < 4.78 is 0. The molecule has 0 spiro atoms. The second kappa shape index (κ2) is 16.5. The molecule has 0 saturated carbocycles. The van der Waals surface area contributed by atoms with E-state index in [2.05, 4.69) is 0 Å². The second-order valence-corrected chi connectivity index (χ2v) is 0. The standard InChI is InChI=1S/Al.K.Si.Ti.H/q;+1;;;-1. The molecule has 0 fully saturated rings. The molecule has 0 N–H and O–H groups in total. The van der Waals surface area contributed by atoms with Gasteiger partial charge in [-0.3, -0.25) is 0 Å². The van der Waals surface area contributed by atoms with E-state index in [0.717, 1.165) is 0 Å². The normalized spacial score (nSPS) is 0. The summed E-state index contributed by atoms with van der Waals surface area (Å²) in [5.41, 5.74) is 0. The minimum Gasteiger partial charge on any atom is -1.00 e. The molecule has 0 aromatic rings. The van der Waals surface area contributed by atoms with Crippen LogP contribution < -0.4 is 51.4 Å². The largest absolute Gasteiger partial charge is 1.00 e. The van der Waals surface area contributed by atoms with Crippen LogP contribution in [-0.4, -0.2) is 28.3 Å². The topological polar surface area (TPSA) is 0 Å². The first-order valence-electron chi connectivity index (χ1n) is 0. The zero-order valence-corrected chi connectivity index (χ0v) is 9.42. The zero-order chi connectivity index (χ0) is 0. The van der Waals surface area contributed by atoms with Gasteiger partial charge in [0.15, 0.2) is 0 Å². The maximum Gasteiger partial charge on any atom is 1.00 e. The predicted octanol–water partition coefficient (Wildman–Crippen LogP) is -3.65. The third-order valence-electron chi connectivity index (χ3n) is 0. The summed E-state index contributed by atoms with van der Waals surface area (Å²) in [5.74, 6) is 0. The van der Waals surface area contributed by atoms with Gasteiger partial charge in [-0.1, -0.05) is 0 Å². The molecular formula is HAlKSiTi. The Morgan fingerprint density at radius 2 is 1.25 bits per heavy atom. The van der Waals surface area contributed by atoms with Crippen LogP contribution in [0.1, 0.15) is 1.43 Å². The Hall–Kier alpha value is 3.10. The van der Waals surface area contributed by atoms with Crippen molar-refractivity contribution in [3.8, 4) is 0 Å². The zero-order valence-electron chi connectivity index (χ0n) is 3.58. The summed E-state index contributed by atoms with van der Waals surface area (Å²) in [5, 5.41) is 0. The summed E-state index contributed by atoms with van der Waals surface area (Å²) in [6.07, 6.45) is 0. The van der Waals surface area contributed by atoms with Crippen molar-refractivity contribution in [1.29, 1.82) is 0 Å². The second-order valence-electron chi connectivity index (χ2n) is 0. The van der Waals surface area contributed by atoms with Gasteiger partial charge in [0.1, 0.15) is 0 Å². The van der Waals surface area contributed by atoms with Crippen LogP contribution in [0.3, 0.4) is 0 Å². The molecule has 0 nitrogen and oxygen atoms in total. The summed E-state index contributed by atoms with van der Waals surface area (Å²) in [6.45, 7) is 0. The van der Waals surface area contributed by atoms with Crippen molar-refractivity contribution in [2.24, 2.45) is 0 Å². The van der Waals surface area contributed by atoms with E-state index in [1.54, 1.807) is 0 Å². The average molecular weight is 143 g/mol. The van der Waals surface area contributed by atoms with Gasteiger partial charge in [0.25, 0.3) is 0 Å². The third-order valence-corrected chi connectivity index (χ3v) is 0. The molecule has 4 heteroatoms. The monoisotopic (exact) mass is 143 g/mol. The molecule has 0 saturated heterocycles. The molecular weight excluding hydrogens is 142 g/mol. The fraction of sp³-hybridized carbons (Fsp3) is 0. The number of hydrogen-bond donors (Lipinski definition) is 0. The molecule has 13 valence electrons. The summed E-state index contributed by atoms with van der Waals surface area (Å²) in [6, 6.07) is 0. The van der Waals surface area contributed by atoms with Gasteiger partial charge in [-0.2, -0.15) is 0 Å². The van der Waals surface area contributed by atoms with E-state index in [0.29, 0.717) is 0 Å². The molecule has 4 heavy (non-hydrogen) atoms. The smallest absolute Gasteiger partial charge is 1.00 e. The first kappa shape index (κ1) is 27.5. The van der Waals surface area contributed by atoms with Crippen LogP contribution >= 0.6 is 0 Å². The van der Waals surface area contributed by atoms with Crippen molar-refractivity contribution in [3.05, 3.63) is 0 Å². The minimum absolute atomic E-state index is 0. The van der Waals surface area contributed by atoms with Crippen LogP contribution in [-0.2, 0) is 21.7 Å². The van der Waals surface area contributed by atoms with Crippen molar-refractivity contribution < 1.29 is 74.5 Å². The molecule has 7 radical (unpaired) electrons. The molecule has 0 aliphatic heterocycles. The fourth-order valence-electron chi connectivity index (χ4n) is 0. The van der Waals surface area contributed by atoms with Gasteiger partial charge in [-0.05, 0) is 0 Å². The van der Waals surface area contributed by atoms with Crippen LogP contribution in [0, 0.1) is 0 Å². The van der Waals surface area contributed by atoms with E-state index in [4.69, 9.17) is 0 Å². The molecule has 0 bridgehead atoms. The Bertz CT molecular complexity index is 11.6.